The highest BCUT2D eigenvalue weighted by molar-refractivity contribution is 5.98. The fourth-order valence-corrected chi connectivity index (χ4v) is 1.43. The zero-order valence-electron chi connectivity index (χ0n) is 10.5. The monoisotopic (exact) mass is 246 g/mol. The number of carbonyl (C=O) groups is 1. The largest absolute Gasteiger partial charge is 0.460 e. The van der Waals surface area contributed by atoms with Crippen molar-refractivity contribution in [2.45, 2.75) is 20.8 Å². The van der Waals surface area contributed by atoms with Crippen LogP contribution < -0.4 is 5.43 Å². The lowest BCUT2D eigenvalue weighted by molar-refractivity contribution is 0.0926. The van der Waals surface area contributed by atoms with Gasteiger partial charge in [-0.2, -0.15) is 5.10 Å². The van der Waals surface area contributed by atoms with Gasteiger partial charge in [-0.15, -0.1) is 0 Å². The van der Waals surface area contributed by atoms with Gasteiger partial charge in [-0.3, -0.25) is 4.79 Å². The molecule has 5 heteroatoms. The van der Waals surface area contributed by atoms with Crippen LogP contribution in [0.3, 0.4) is 0 Å². The Morgan fingerprint density at radius 2 is 1.61 bits per heavy atom. The van der Waals surface area contributed by atoms with Crippen LogP contribution in [0, 0.1) is 13.8 Å². The van der Waals surface area contributed by atoms with Crippen molar-refractivity contribution in [2.24, 2.45) is 5.10 Å². The highest BCUT2D eigenvalue weighted by Gasteiger charge is 2.09. The van der Waals surface area contributed by atoms with Gasteiger partial charge in [0.2, 0.25) is 0 Å². The summed E-state index contributed by atoms with van der Waals surface area (Å²) in [4.78, 5) is 11.7. The third-order valence-corrected chi connectivity index (χ3v) is 2.39. The number of hydrazone groups is 1. The molecule has 0 aliphatic heterocycles. The van der Waals surface area contributed by atoms with E-state index in [9.17, 15) is 4.79 Å². The molecule has 1 N–H and O–H groups in total. The second-order valence-corrected chi connectivity index (χ2v) is 3.96. The molecule has 0 fully saturated rings. The van der Waals surface area contributed by atoms with Crippen LogP contribution in [0.1, 0.15) is 34.8 Å². The average Bonchev–Trinajstić information content (AvgIpc) is 2.94. The fraction of sp³-hybridized carbons (Fsp3) is 0.231. The molecular formula is C13H14N2O3. The molecule has 2 heterocycles. The molecule has 2 aromatic rings. The van der Waals surface area contributed by atoms with Crippen molar-refractivity contribution in [1.29, 1.82) is 0 Å². The number of amides is 1. The molecule has 18 heavy (non-hydrogen) atoms. The summed E-state index contributed by atoms with van der Waals surface area (Å²) >= 11 is 0. The smallest absolute Gasteiger partial charge is 0.307 e. The molecule has 0 aromatic carbocycles. The lowest BCUT2D eigenvalue weighted by Gasteiger charge is -1.98. The minimum atomic E-state index is -0.384. The maximum atomic E-state index is 11.7. The highest BCUT2D eigenvalue weighted by Crippen LogP contribution is 2.08. The zero-order chi connectivity index (χ0) is 13.1. The Hall–Kier alpha value is -2.30. The normalized spacial score (nSPS) is 11.6. The number of hydrogen-bond acceptors (Lipinski definition) is 4. The van der Waals surface area contributed by atoms with Crippen molar-refractivity contribution in [3.8, 4) is 0 Å². The summed E-state index contributed by atoms with van der Waals surface area (Å²) < 4.78 is 10.6. The van der Waals surface area contributed by atoms with E-state index >= 15 is 0 Å². The van der Waals surface area contributed by atoms with Crippen LogP contribution in [0.25, 0.3) is 0 Å². The molecule has 2 rings (SSSR count). The van der Waals surface area contributed by atoms with Gasteiger partial charge in [0.1, 0.15) is 23.0 Å². The molecule has 5 nitrogen and oxygen atoms in total. The Labute approximate surface area is 104 Å². The Bertz CT molecular complexity index is 593. The molecule has 0 aliphatic rings. The predicted molar refractivity (Wildman–Crippen MR) is 66.6 cm³/mol. The van der Waals surface area contributed by atoms with E-state index in [-0.39, 0.29) is 11.7 Å². The predicted octanol–water partition coefficient (Wildman–Crippen LogP) is 2.64. The van der Waals surface area contributed by atoms with Gasteiger partial charge in [-0.25, -0.2) is 5.43 Å². The van der Waals surface area contributed by atoms with Gasteiger partial charge < -0.3 is 8.83 Å². The van der Waals surface area contributed by atoms with Crippen LogP contribution >= 0.6 is 0 Å². The lowest BCUT2D eigenvalue weighted by atomic mass is 10.3. The quantitative estimate of drug-likeness (QED) is 0.668. The minimum Gasteiger partial charge on any atom is -0.460 e. The molecule has 0 bridgehead atoms. The second-order valence-electron chi connectivity index (χ2n) is 3.96. The standard InChI is InChI=1S/C13H14N2O3/c1-8-4-6-11(17-8)10(3)14-15-13(16)12-7-5-9(2)18-12/h4-7H,1-3H3,(H,15,16)/b14-10+. The first-order valence-corrected chi connectivity index (χ1v) is 5.54. The molecule has 0 radical (unpaired) electrons. The number of nitrogens with one attached hydrogen (secondary N) is 1. The number of aryl methyl sites for hydroxylation is 2. The van der Waals surface area contributed by atoms with Gasteiger partial charge in [0.05, 0.1) is 0 Å². The summed E-state index contributed by atoms with van der Waals surface area (Å²) in [5.41, 5.74) is 3.01. The van der Waals surface area contributed by atoms with Gasteiger partial charge in [0.15, 0.2) is 5.76 Å². The second kappa shape index (κ2) is 4.91. The Balaban J connectivity index is 2.04. The molecule has 0 saturated heterocycles. The van der Waals surface area contributed by atoms with Crippen molar-refractivity contribution in [2.75, 3.05) is 0 Å². The van der Waals surface area contributed by atoms with Crippen LogP contribution in [0.2, 0.25) is 0 Å². The van der Waals surface area contributed by atoms with E-state index in [2.05, 4.69) is 10.5 Å². The number of nitrogens with zero attached hydrogens (tertiary/aromatic N) is 1. The first-order valence-electron chi connectivity index (χ1n) is 5.54. The van der Waals surface area contributed by atoms with Gasteiger partial charge in [-0.1, -0.05) is 0 Å². The maximum absolute atomic E-state index is 11.7. The summed E-state index contributed by atoms with van der Waals surface area (Å²) in [6.45, 7) is 5.38. The van der Waals surface area contributed by atoms with Crippen LogP contribution in [-0.4, -0.2) is 11.6 Å². The Morgan fingerprint density at radius 1 is 1.06 bits per heavy atom. The molecular weight excluding hydrogens is 232 g/mol. The van der Waals surface area contributed by atoms with E-state index < -0.39 is 0 Å². The minimum absolute atomic E-state index is 0.236. The first kappa shape index (κ1) is 12.2. The number of rotatable bonds is 3. The SMILES string of the molecule is C/C(=N\NC(=O)c1ccc(C)o1)c1ccc(C)o1. The Morgan fingerprint density at radius 3 is 2.11 bits per heavy atom. The van der Waals surface area contributed by atoms with E-state index in [1.54, 1.807) is 32.0 Å². The van der Waals surface area contributed by atoms with E-state index in [4.69, 9.17) is 8.83 Å². The van der Waals surface area contributed by atoms with Crippen LogP contribution in [0.4, 0.5) is 0 Å². The summed E-state index contributed by atoms with van der Waals surface area (Å²) in [7, 11) is 0. The molecule has 0 spiro atoms. The zero-order valence-corrected chi connectivity index (χ0v) is 10.5. The molecule has 1 amide bonds. The number of furan rings is 2. The van der Waals surface area contributed by atoms with Gasteiger partial charge in [-0.05, 0) is 45.0 Å². The summed E-state index contributed by atoms with van der Waals surface area (Å²) in [5, 5.41) is 3.96. The lowest BCUT2D eigenvalue weighted by Crippen LogP contribution is -2.18. The van der Waals surface area contributed by atoms with Crippen molar-refractivity contribution >= 4 is 11.6 Å². The van der Waals surface area contributed by atoms with Crippen LogP contribution in [0.15, 0.2) is 38.2 Å². The molecule has 0 aliphatic carbocycles. The van der Waals surface area contributed by atoms with Gasteiger partial charge in [0.25, 0.3) is 0 Å². The molecule has 0 atom stereocenters. The molecule has 0 saturated carbocycles. The van der Waals surface area contributed by atoms with Crippen molar-refractivity contribution < 1.29 is 13.6 Å². The van der Waals surface area contributed by atoms with E-state index in [0.717, 1.165) is 5.76 Å². The summed E-state index contributed by atoms with van der Waals surface area (Å²) in [6, 6.07) is 6.97. The van der Waals surface area contributed by atoms with Crippen LogP contribution in [0.5, 0.6) is 0 Å². The average molecular weight is 246 g/mol. The van der Waals surface area contributed by atoms with Crippen LogP contribution in [-0.2, 0) is 0 Å². The van der Waals surface area contributed by atoms with E-state index in [1.165, 1.54) is 0 Å². The number of carbonyl (C=O) groups excluding carboxylic acids is 1. The van der Waals surface area contributed by atoms with Gasteiger partial charge in [0, 0.05) is 0 Å². The first-order chi connectivity index (χ1) is 8.56. The Kier molecular flexibility index (Phi) is 3.32. The fourth-order valence-electron chi connectivity index (χ4n) is 1.43. The summed E-state index contributed by atoms with van der Waals surface area (Å²) in [6.07, 6.45) is 0. The highest BCUT2D eigenvalue weighted by atomic mass is 16.4. The third kappa shape index (κ3) is 2.68. The molecule has 0 unspecified atom stereocenters. The third-order valence-electron chi connectivity index (χ3n) is 2.39. The topological polar surface area (TPSA) is 67.7 Å². The van der Waals surface area contributed by atoms with E-state index in [0.29, 0.717) is 17.2 Å². The molecule has 2 aromatic heterocycles. The molecule has 94 valence electrons. The maximum Gasteiger partial charge on any atom is 0.307 e. The number of hydrogen-bond donors (Lipinski definition) is 1. The summed E-state index contributed by atoms with van der Waals surface area (Å²) in [5.74, 6) is 1.96. The van der Waals surface area contributed by atoms with Gasteiger partial charge >= 0.3 is 5.91 Å². The van der Waals surface area contributed by atoms with Crippen molar-refractivity contribution in [1.82, 2.24) is 5.43 Å². The van der Waals surface area contributed by atoms with Crippen molar-refractivity contribution in [3.63, 3.8) is 0 Å². The van der Waals surface area contributed by atoms with E-state index in [1.807, 2.05) is 13.0 Å². The van der Waals surface area contributed by atoms with Crippen molar-refractivity contribution in [3.05, 3.63) is 47.3 Å².